The van der Waals surface area contributed by atoms with Gasteiger partial charge in [0.1, 0.15) is 0 Å². The second kappa shape index (κ2) is 10.1. The smallest absolute Gasteiger partial charge is 0.213 e. The van der Waals surface area contributed by atoms with Gasteiger partial charge in [-0.3, -0.25) is 4.99 Å². The van der Waals surface area contributed by atoms with Crippen LogP contribution in [0.4, 0.5) is 0 Å². The topological polar surface area (TPSA) is 83.0 Å². The van der Waals surface area contributed by atoms with Crippen LogP contribution in [-0.4, -0.2) is 70.5 Å². The van der Waals surface area contributed by atoms with Crippen molar-refractivity contribution in [3.8, 4) is 0 Å². The van der Waals surface area contributed by atoms with Crippen molar-refractivity contribution >= 4 is 16.0 Å². The lowest BCUT2D eigenvalue weighted by Gasteiger charge is -2.23. The predicted molar refractivity (Wildman–Crippen MR) is 108 cm³/mol. The highest BCUT2D eigenvalue weighted by Crippen LogP contribution is 2.35. The number of aliphatic imine (C=N–C) groups is 1. The monoisotopic (exact) mass is 400 g/mol. The fourth-order valence-corrected chi connectivity index (χ4v) is 5.45. The standard InChI is InChI=1S/C19H36N4O3S/c1-2-20-19(23-14-16-7-3-4-8-17(16)15-23)21-10-12-27(24,25)22-13-18-9-5-6-11-26-18/h16-18,22H,2-15H2,1H3,(H,20,21). The lowest BCUT2D eigenvalue weighted by Crippen LogP contribution is -2.41. The molecule has 1 aliphatic carbocycles. The van der Waals surface area contributed by atoms with Crippen molar-refractivity contribution in [2.45, 2.75) is 58.0 Å². The molecule has 156 valence electrons. The summed E-state index contributed by atoms with van der Waals surface area (Å²) in [6.07, 6.45) is 8.47. The zero-order chi connectivity index (χ0) is 19.1. The molecule has 2 heterocycles. The van der Waals surface area contributed by atoms with E-state index in [1.54, 1.807) is 0 Å². The van der Waals surface area contributed by atoms with Gasteiger partial charge in [0, 0.05) is 32.8 Å². The van der Waals surface area contributed by atoms with Gasteiger partial charge in [0.15, 0.2) is 5.96 Å². The van der Waals surface area contributed by atoms with Gasteiger partial charge in [-0.25, -0.2) is 13.1 Å². The van der Waals surface area contributed by atoms with Crippen molar-refractivity contribution in [3.63, 3.8) is 0 Å². The van der Waals surface area contributed by atoms with E-state index in [2.05, 4.69) is 26.9 Å². The van der Waals surface area contributed by atoms with Crippen molar-refractivity contribution in [1.82, 2.24) is 14.9 Å². The first-order chi connectivity index (χ1) is 13.1. The van der Waals surface area contributed by atoms with Crippen LogP contribution in [0.3, 0.4) is 0 Å². The van der Waals surface area contributed by atoms with E-state index in [1.165, 1.54) is 25.7 Å². The Balaban J connectivity index is 1.47. The fourth-order valence-electron chi connectivity index (χ4n) is 4.54. The molecule has 0 aromatic carbocycles. The van der Waals surface area contributed by atoms with E-state index in [-0.39, 0.29) is 18.4 Å². The summed E-state index contributed by atoms with van der Waals surface area (Å²) in [4.78, 5) is 6.95. The molecule has 3 fully saturated rings. The molecule has 8 heteroatoms. The number of sulfonamides is 1. The summed E-state index contributed by atoms with van der Waals surface area (Å²) in [6.45, 7) is 6.37. The van der Waals surface area contributed by atoms with E-state index in [0.717, 1.165) is 63.3 Å². The Bertz CT molecular complexity index is 576. The lowest BCUT2D eigenvalue weighted by atomic mass is 9.82. The number of hydrogen-bond donors (Lipinski definition) is 2. The Hall–Kier alpha value is -0.860. The summed E-state index contributed by atoms with van der Waals surface area (Å²) in [6, 6.07) is 0. The van der Waals surface area contributed by atoms with Crippen LogP contribution >= 0.6 is 0 Å². The van der Waals surface area contributed by atoms with Crippen LogP contribution in [0.5, 0.6) is 0 Å². The van der Waals surface area contributed by atoms with Crippen LogP contribution in [0.1, 0.15) is 51.9 Å². The Morgan fingerprint density at radius 2 is 1.81 bits per heavy atom. The maximum atomic E-state index is 12.3. The number of ether oxygens (including phenoxy) is 1. The summed E-state index contributed by atoms with van der Waals surface area (Å²) in [5.41, 5.74) is 0. The molecule has 2 aliphatic heterocycles. The van der Waals surface area contributed by atoms with Crippen LogP contribution < -0.4 is 10.0 Å². The number of fused-ring (bicyclic) bond motifs is 1. The van der Waals surface area contributed by atoms with Crippen LogP contribution in [0.15, 0.2) is 4.99 Å². The summed E-state index contributed by atoms with van der Waals surface area (Å²) >= 11 is 0. The predicted octanol–water partition coefficient (Wildman–Crippen LogP) is 1.56. The van der Waals surface area contributed by atoms with Gasteiger partial charge in [-0.2, -0.15) is 0 Å². The highest BCUT2D eigenvalue weighted by molar-refractivity contribution is 7.89. The van der Waals surface area contributed by atoms with Crippen molar-refractivity contribution in [2.75, 3.05) is 45.1 Å². The quantitative estimate of drug-likeness (QED) is 0.501. The molecule has 2 saturated heterocycles. The van der Waals surface area contributed by atoms with Crippen molar-refractivity contribution in [3.05, 3.63) is 0 Å². The van der Waals surface area contributed by atoms with E-state index >= 15 is 0 Å². The minimum Gasteiger partial charge on any atom is -0.377 e. The minimum atomic E-state index is -3.32. The maximum absolute atomic E-state index is 12.3. The average Bonchev–Trinajstić information content (AvgIpc) is 3.11. The molecule has 3 unspecified atom stereocenters. The zero-order valence-corrected chi connectivity index (χ0v) is 17.5. The normalized spacial score (nSPS) is 29.6. The number of hydrogen-bond acceptors (Lipinski definition) is 4. The largest absolute Gasteiger partial charge is 0.377 e. The first-order valence-corrected chi connectivity index (χ1v) is 12.3. The van der Waals surface area contributed by atoms with E-state index < -0.39 is 10.0 Å². The first-order valence-electron chi connectivity index (χ1n) is 10.7. The summed E-state index contributed by atoms with van der Waals surface area (Å²) in [5, 5.41) is 3.34. The van der Waals surface area contributed by atoms with Crippen LogP contribution in [0.25, 0.3) is 0 Å². The highest BCUT2D eigenvalue weighted by Gasteiger charge is 2.35. The molecular formula is C19H36N4O3S. The third kappa shape index (κ3) is 6.32. The van der Waals surface area contributed by atoms with Crippen LogP contribution in [0, 0.1) is 11.8 Å². The van der Waals surface area contributed by atoms with Gasteiger partial charge in [0.25, 0.3) is 0 Å². The number of nitrogens with one attached hydrogen (secondary N) is 2. The van der Waals surface area contributed by atoms with E-state index in [4.69, 9.17) is 4.74 Å². The van der Waals surface area contributed by atoms with Crippen molar-refractivity contribution < 1.29 is 13.2 Å². The lowest BCUT2D eigenvalue weighted by molar-refractivity contribution is 0.0200. The SMILES string of the molecule is CCNC(=NCCS(=O)(=O)NCC1CCCCO1)N1CC2CCCCC2C1. The van der Waals surface area contributed by atoms with Gasteiger partial charge in [-0.15, -0.1) is 0 Å². The number of guanidine groups is 1. The summed E-state index contributed by atoms with van der Waals surface area (Å²) < 4.78 is 32.8. The fraction of sp³-hybridized carbons (Fsp3) is 0.947. The minimum absolute atomic E-state index is 0.0160. The van der Waals surface area contributed by atoms with Gasteiger partial charge in [-0.1, -0.05) is 12.8 Å². The Morgan fingerprint density at radius 3 is 2.44 bits per heavy atom. The van der Waals surface area contributed by atoms with E-state index in [0.29, 0.717) is 6.54 Å². The van der Waals surface area contributed by atoms with Gasteiger partial charge in [0.05, 0.1) is 18.4 Å². The van der Waals surface area contributed by atoms with Crippen LogP contribution in [-0.2, 0) is 14.8 Å². The molecule has 27 heavy (non-hydrogen) atoms. The molecule has 0 spiro atoms. The number of nitrogens with zero attached hydrogens (tertiary/aromatic N) is 2. The zero-order valence-electron chi connectivity index (χ0n) is 16.7. The van der Waals surface area contributed by atoms with E-state index in [1.807, 2.05) is 0 Å². The average molecular weight is 401 g/mol. The number of rotatable bonds is 7. The molecule has 3 rings (SSSR count). The summed E-state index contributed by atoms with van der Waals surface area (Å²) in [5.74, 6) is 2.46. The molecule has 3 atom stereocenters. The molecule has 0 bridgehead atoms. The Labute approximate surface area is 164 Å². The van der Waals surface area contributed by atoms with Crippen molar-refractivity contribution in [2.24, 2.45) is 16.8 Å². The first kappa shape index (κ1) is 20.9. The second-order valence-electron chi connectivity index (χ2n) is 8.10. The summed E-state index contributed by atoms with van der Waals surface area (Å²) in [7, 11) is -3.32. The third-order valence-electron chi connectivity index (χ3n) is 6.04. The molecule has 3 aliphatic rings. The van der Waals surface area contributed by atoms with E-state index in [9.17, 15) is 8.42 Å². The van der Waals surface area contributed by atoms with Gasteiger partial charge in [0.2, 0.25) is 10.0 Å². The van der Waals surface area contributed by atoms with Gasteiger partial charge in [-0.05, 0) is 50.9 Å². The molecule has 0 aromatic heterocycles. The second-order valence-corrected chi connectivity index (χ2v) is 10.0. The molecule has 1 saturated carbocycles. The molecule has 7 nitrogen and oxygen atoms in total. The van der Waals surface area contributed by atoms with Crippen molar-refractivity contribution in [1.29, 1.82) is 0 Å². The van der Waals surface area contributed by atoms with Crippen LogP contribution in [0.2, 0.25) is 0 Å². The number of likely N-dealkylation sites (tertiary alicyclic amines) is 1. The Morgan fingerprint density at radius 1 is 1.11 bits per heavy atom. The molecule has 0 radical (unpaired) electrons. The molecular weight excluding hydrogens is 364 g/mol. The van der Waals surface area contributed by atoms with Gasteiger partial charge < -0.3 is 15.0 Å². The highest BCUT2D eigenvalue weighted by atomic mass is 32.2. The maximum Gasteiger partial charge on any atom is 0.213 e. The van der Waals surface area contributed by atoms with Gasteiger partial charge >= 0.3 is 0 Å². The molecule has 2 N–H and O–H groups in total. The molecule has 0 aromatic rings. The molecule has 0 amide bonds. The third-order valence-corrected chi connectivity index (χ3v) is 7.36. The Kier molecular flexibility index (Phi) is 7.78.